The van der Waals surface area contributed by atoms with Crippen molar-refractivity contribution in [1.29, 1.82) is 0 Å². The van der Waals surface area contributed by atoms with Crippen LogP contribution in [0.3, 0.4) is 0 Å². The number of anilines is 1. The number of halogens is 3. The van der Waals surface area contributed by atoms with E-state index < -0.39 is 11.7 Å². The lowest BCUT2D eigenvalue weighted by molar-refractivity contribution is -0.137. The summed E-state index contributed by atoms with van der Waals surface area (Å²) in [5, 5.41) is 7.98. The van der Waals surface area contributed by atoms with E-state index in [0.29, 0.717) is 28.2 Å². The van der Waals surface area contributed by atoms with Crippen LogP contribution in [-0.2, 0) is 24.4 Å². The number of hydrogen-bond acceptors (Lipinski definition) is 4. The van der Waals surface area contributed by atoms with Crippen molar-refractivity contribution in [2.45, 2.75) is 12.6 Å². The quantitative estimate of drug-likeness (QED) is 0.437. The minimum atomic E-state index is -4.41. The molecule has 5 aromatic rings. The summed E-state index contributed by atoms with van der Waals surface area (Å²) in [5.74, 6) is 0.148. The SMILES string of the molecule is Cn1cc2c3nc(NC(=O)Cc4ccncc4)ccc3n(-c3ccc(C(F)(F)F)cc3)c2n1. The Bertz CT molecular complexity index is 1470. The van der Waals surface area contributed by atoms with E-state index in [-0.39, 0.29) is 12.3 Å². The first-order chi connectivity index (χ1) is 15.8. The van der Waals surface area contributed by atoms with E-state index in [0.717, 1.165) is 23.1 Å². The summed E-state index contributed by atoms with van der Waals surface area (Å²) in [6, 6.07) is 11.8. The van der Waals surface area contributed by atoms with Gasteiger partial charge in [0.25, 0.3) is 0 Å². The molecule has 0 aliphatic heterocycles. The van der Waals surface area contributed by atoms with Gasteiger partial charge in [-0.05, 0) is 54.1 Å². The number of carbonyl (C=O) groups excluding carboxylic acids is 1. The zero-order valence-corrected chi connectivity index (χ0v) is 17.3. The van der Waals surface area contributed by atoms with Crippen molar-refractivity contribution in [2.75, 3.05) is 5.32 Å². The van der Waals surface area contributed by atoms with Crippen LogP contribution in [0.15, 0.2) is 67.1 Å². The smallest absolute Gasteiger partial charge is 0.310 e. The van der Waals surface area contributed by atoms with Crippen LogP contribution in [0.1, 0.15) is 11.1 Å². The first-order valence-corrected chi connectivity index (χ1v) is 10.0. The van der Waals surface area contributed by atoms with Crippen molar-refractivity contribution < 1.29 is 18.0 Å². The van der Waals surface area contributed by atoms with E-state index in [4.69, 9.17) is 0 Å². The third kappa shape index (κ3) is 3.91. The van der Waals surface area contributed by atoms with Gasteiger partial charge in [-0.15, -0.1) is 0 Å². The van der Waals surface area contributed by atoms with Crippen molar-refractivity contribution in [3.63, 3.8) is 0 Å². The Labute approximate surface area is 185 Å². The van der Waals surface area contributed by atoms with Gasteiger partial charge in [-0.3, -0.25) is 19.0 Å². The maximum absolute atomic E-state index is 13.0. The second-order valence-electron chi connectivity index (χ2n) is 7.56. The molecule has 4 aromatic heterocycles. The normalized spacial score (nSPS) is 11.9. The summed E-state index contributed by atoms with van der Waals surface area (Å²) in [6.45, 7) is 0. The topological polar surface area (TPSA) is 77.6 Å². The number of rotatable bonds is 4. The average molecular weight is 450 g/mol. The summed E-state index contributed by atoms with van der Waals surface area (Å²) in [6.07, 6.45) is 0.791. The molecular weight excluding hydrogens is 433 g/mol. The molecule has 0 bridgehead atoms. The molecule has 1 amide bonds. The first-order valence-electron chi connectivity index (χ1n) is 10.0. The number of nitrogens with one attached hydrogen (secondary N) is 1. The number of aryl methyl sites for hydroxylation is 1. The highest BCUT2D eigenvalue weighted by Crippen LogP contribution is 2.33. The zero-order valence-electron chi connectivity index (χ0n) is 17.3. The number of aromatic nitrogens is 5. The maximum Gasteiger partial charge on any atom is 0.416 e. The molecule has 1 aromatic carbocycles. The average Bonchev–Trinajstić information content (AvgIpc) is 3.28. The molecule has 33 heavy (non-hydrogen) atoms. The molecule has 0 unspecified atom stereocenters. The van der Waals surface area contributed by atoms with Gasteiger partial charge in [0.05, 0.1) is 22.9 Å². The van der Waals surface area contributed by atoms with Gasteiger partial charge in [-0.25, -0.2) is 4.98 Å². The molecule has 0 aliphatic carbocycles. The van der Waals surface area contributed by atoms with Crippen LogP contribution in [0.5, 0.6) is 0 Å². The molecule has 0 atom stereocenters. The lowest BCUT2D eigenvalue weighted by Crippen LogP contribution is -2.15. The fourth-order valence-electron chi connectivity index (χ4n) is 3.76. The molecule has 0 saturated carbocycles. The van der Waals surface area contributed by atoms with Crippen LogP contribution in [0.25, 0.3) is 27.8 Å². The van der Waals surface area contributed by atoms with Crippen LogP contribution in [0.2, 0.25) is 0 Å². The van der Waals surface area contributed by atoms with E-state index >= 15 is 0 Å². The zero-order chi connectivity index (χ0) is 23.2. The minimum Gasteiger partial charge on any atom is -0.310 e. The molecule has 10 heteroatoms. The number of carbonyl (C=O) groups is 1. The number of nitrogens with zero attached hydrogens (tertiary/aromatic N) is 5. The molecule has 0 aliphatic rings. The molecule has 166 valence electrons. The minimum absolute atomic E-state index is 0.178. The highest BCUT2D eigenvalue weighted by molar-refractivity contribution is 6.06. The molecule has 0 spiro atoms. The van der Waals surface area contributed by atoms with Crippen LogP contribution in [0, 0.1) is 0 Å². The third-order valence-electron chi connectivity index (χ3n) is 5.23. The summed E-state index contributed by atoms with van der Waals surface area (Å²) in [7, 11) is 1.75. The molecule has 7 nitrogen and oxygen atoms in total. The number of alkyl halides is 3. The Kier molecular flexibility index (Phi) is 4.85. The molecule has 0 saturated heterocycles. The van der Waals surface area contributed by atoms with E-state index in [1.165, 1.54) is 12.1 Å². The Morgan fingerprint density at radius 1 is 1.03 bits per heavy atom. The van der Waals surface area contributed by atoms with Gasteiger partial charge in [-0.1, -0.05) is 0 Å². The van der Waals surface area contributed by atoms with E-state index in [9.17, 15) is 18.0 Å². The van der Waals surface area contributed by atoms with Crippen molar-refractivity contribution in [2.24, 2.45) is 7.05 Å². The number of hydrogen-bond donors (Lipinski definition) is 1. The van der Waals surface area contributed by atoms with Crippen LogP contribution < -0.4 is 5.32 Å². The fourth-order valence-corrected chi connectivity index (χ4v) is 3.76. The lowest BCUT2D eigenvalue weighted by Gasteiger charge is -2.10. The summed E-state index contributed by atoms with van der Waals surface area (Å²) < 4.78 is 42.3. The van der Waals surface area contributed by atoms with Gasteiger partial charge in [0.15, 0.2) is 5.65 Å². The summed E-state index contributed by atoms with van der Waals surface area (Å²) in [5.41, 5.74) is 2.43. The second-order valence-corrected chi connectivity index (χ2v) is 7.56. The van der Waals surface area contributed by atoms with Gasteiger partial charge < -0.3 is 5.32 Å². The van der Waals surface area contributed by atoms with Crippen LogP contribution in [0.4, 0.5) is 19.0 Å². The van der Waals surface area contributed by atoms with Crippen molar-refractivity contribution in [1.82, 2.24) is 24.3 Å². The second kappa shape index (κ2) is 7.73. The fraction of sp³-hybridized carbons (Fsp3) is 0.130. The molecule has 0 fully saturated rings. The Balaban J connectivity index is 1.53. The van der Waals surface area contributed by atoms with Gasteiger partial charge in [-0.2, -0.15) is 18.3 Å². The summed E-state index contributed by atoms with van der Waals surface area (Å²) >= 11 is 0. The Morgan fingerprint density at radius 2 is 1.76 bits per heavy atom. The number of fused-ring (bicyclic) bond motifs is 3. The van der Waals surface area contributed by atoms with Crippen molar-refractivity contribution in [3.8, 4) is 5.69 Å². The van der Waals surface area contributed by atoms with Crippen LogP contribution >= 0.6 is 0 Å². The Morgan fingerprint density at radius 3 is 2.45 bits per heavy atom. The predicted octanol–water partition coefficient (Wildman–Crippen LogP) is 4.51. The van der Waals surface area contributed by atoms with Crippen LogP contribution in [-0.4, -0.2) is 30.2 Å². The van der Waals surface area contributed by atoms with Gasteiger partial charge in [0, 0.05) is 31.3 Å². The summed E-state index contributed by atoms with van der Waals surface area (Å²) in [4.78, 5) is 21.0. The largest absolute Gasteiger partial charge is 0.416 e. The third-order valence-corrected chi connectivity index (χ3v) is 5.23. The lowest BCUT2D eigenvalue weighted by atomic mass is 10.2. The number of amides is 1. The molecular formula is C23H17F3N6O. The van der Waals surface area contributed by atoms with E-state index in [1.807, 2.05) is 0 Å². The standard InChI is InChI=1S/C23H17F3N6O/c1-31-13-17-21-18(6-7-19(29-21)28-20(33)12-14-8-10-27-11-9-14)32(22(17)30-31)16-4-2-15(3-5-16)23(24,25)26/h2-11,13H,12H2,1H3,(H,28,29,33). The molecule has 0 radical (unpaired) electrons. The van der Waals surface area contributed by atoms with E-state index in [2.05, 4.69) is 20.4 Å². The monoisotopic (exact) mass is 450 g/mol. The molecule has 1 N–H and O–H groups in total. The van der Waals surface area contributed by atoms with Crippen molar-refractivity contribution in [3.05, 3.63) is 78.2 Å². The number of benzene rings is 1. The van der Waals surface area contributed by atoms with Gasteiger partial charge in [0.1, 0.15) is 11.3 Å². The highest BCUT2D eigenvalue weighted by atomic mass is 19.4. The number of pyridine rings is 2. The van der Waals surface area contributed by atoms with Gasteiger partial charge >= 0.3 is 6.18 Å². The maximum atomic E-state index is 13.0. The van der Waals surface area contributed by atoms with E-state index in [1.54, 1.807) is 59.2 Å². The van der Waals surface area contributed by atoms with Gasteiger partial charge in [0.2, 0.25) is 5.91 Å². The Hall–Kier alpha value is -4.21. The molecule has 4 heterocycles. The predicted molar refractivity (Wildman–Crippen MR) is 117 cm³/mol. The highest BCUT2D eigenvalue weighted by Gasteiger charge is 2.30. The first kappa shape index (κ1) is 20.7. The molecule has 5 rings (SSSR count). The van der Waals surface area contributed by atoms with Crippen molar-refractivity contribution >= 4 is 33.8 Å².